The number of allylic oxidation sites excluding steroid dienone is 1. The predicted octanol–water partition coefficient (Wildman–Crippen LogP) is 4.42. The number of halogens is 1. The van der Waals surface area contributed by atoms with Gasteiger partial charge in [-0.3, -0.25) is 4.79 Å². The van der Waals surface area contributed by atoms with Crippen LogP contribution in [0.25, 0.3) is 6.08 Å². The summed E-state index contributed by atoms with van der Waals surface area (Å²) in [4.78, 5) is 16.7. The summed E-state index contributed by atoms with van der Waals surface area (Å²) in [5.41, 5.74) is 3.34. The number of carbonyl (C=O) groups excluding carboxylic acids is 1. The van der Waals surface area contributed by atoms with Crippen molar-refractivity contribution < 1.29 is 14.3 Å². The van der Waals surface area contributed by atoms with Crippen LogP contribution in [0.1, 0.15) is 18.1 Å². The topological polar surface area (TPSA) is 42.0 Å². The molecule has 1 heterocycles. The van der Waals surface area contributed by atoms with Gasteiger partial charge in [-0.05, 0) is 49.2 Å². The van der Waals surface area contributed by atoms with Gasteiger partial charge in [0.2, 0.25) is 0 Å². The zero-order valence-corrected chi connectivity index (χ0v) is 17.9. The molecule has 0 aromatic heterocycles. The minimum Gasteiger partial charge on any atom is -0.493 e. The summed E-state index contributed by atoms with van der Waals surface area (Å²) in [7, 11) is 1.60. The van der Waals surface area contributed by atoms with Crippen LogP contribution in [-0.2, 0) is 4.79 Å². The number of carbonyl (C=O) groups is 1. The molecule has 29 heavy (non-hydrogen) atoms. The fourth-order valence-corrected chi connectivity index (χ4v) is 3.62. The number of anilines is 1. The first-order valence-electron chi connectivity index (χ1n) is 9.74. The highest BCUT2D eigenvalue weighted by Crippen LogP contribution is 2.29. The molecule has 1 fully saturated rings. The van der Waals surface area contributed by atoms with Gasteiger partial charge in [0.25, 0.3) is 5.91 Å². The zero-order chi connectivity index (χ0) is 20.8. The number of hydrogen-bond donors (Lipinski definition) is 0. The van der Waals surface area contributed by atoms with E-state index in [-0.39, 0.29) is 12.5 Å². The van der Waals surface area contributed by atoms with Gasteiger partial charge in [0.05, 0.1) is 7.11 Å². The molecule has 0 bridgehead atoms. The maximum Gasteiger partial charge on any atom is 0.260 e. The predicted molar refractivity (Wildman–Crippen MR) is 118 cm³/mol. The number of rotatable bonds is 6. The van der Waals surface area contributed by atoms with E-state index in [0.29, 0.717) is 24.6 Å². The van der Waals surface area contributed by atoms with Crippen LogP contribution in [0, 0.1) is 6.92 Å². The van der Waals surface area contributed by atoms with Gasteiger partial charge in [-0.1, -0.05) is 35.9 Å². The van der Waals surface area contributed by atoms with Crippen molar-refractivity contribution in [2.75, 3.05) is 44.8 Å². The first kappa shape index (κ1) is 21.1. The molecule has 154 valence electrons. The van der Waals surface area contributed by atoms with E-state index in [1.807, 2.05) is 60.4 Å². The van der Waals surface area contributed by atoms with Gasteiger partial charge in [0.1, 0.15) is 0 Å². The molecule has 0 aliphatic carbocycles. The lowest BCUT2D eigenvalue weighted by molar-refractivity contribution is -0.133. The van der Waals surface area contributed by atoms with Gasteiger partial charge in [0.15, 0.2) is 18.1 Å². The summed E-state index contributed by atoms with van der Waals surface area (Å²) < 4.78 is 11.1. The van der Waals surface area contributed by atoms with Crippen molar-refractivity contribution in [1.82, 2.24) is 4.90 Å². The summed E-state index contributed by atoms with van der Waals surface area (Å²) in [6.45, 7) is 6.89. The highest BCUT2D eigenvalue weighted by Gasteiger charge is 2.23. The van der Waals surface area contributed by atoms with E-state index in [1.165, 1.54) is 5.56 Å². The largest absolute Gasteiger partial charge is 0.493 e. The number of amides is 1. The second-order valence-electron chi connectivity index (χ2n) is 7.00. The van der Waals surface area contributed by atoms with Crippen molar-refractivity contribution in [3.63, 3.8) is 0 Å². The number of aryl methyl sites for hydroxylation is 1. The van der Waals surface area contributed by atoms with E-state index in [4.69, 9.17) is 21.1 Å². The molecule has 0 N–H and O–H groups in total. The maximum absolute atomic E-state index is 12.6. The minimum atomic E-state index is -0.0213. The number of benzene rings is 2. The number of hydrogen-bond acceptors (Lipinski definition) is 4. The van der Waals surface area contributed by atoms with Gasteiger partial charge in [-0.2, -0.15) is 0 Å². The smallest absolute Gasteiger partial charge is 0.260 e. The molecule has 0 radical (unpaired) electrons. The molecule has 1 amide bonds. The third-order valence-corrected chi connectivity index (χ3v) is 5.28. The van der Waals surface area contributed by atoms with E-state index in [0.717, 1.165) is 29.4 Å². The average Bonchev–Trinajstić information content (AvgIpc) is 2.74. The van der Waals surface area contributed by atoms with Gasteiger partial charge in [0, 0.05) is 36.9 Å². The van der Waals surface area contributed by atoms with Crippen LogP contribution in [-0.4, -0.2) is 50.7 Å². The molecule has 2 aromatic carbocycles. The fourth-order valence-electron chi connectivity index (χ4n) is 3.45. The van der Waals surface area contributed by atoms with Crippen LogP contribution in [0.5, 0.6) is 11.5 Å². The monoisotopic (exact) mass is 414 g/mol. The lowest BCUT2D eigenvalue weighted by Gasteiger charge is -2.36. The quantitative estimate of drug-likeness (QED) is 0.701. The second kappa shape index (κ2) is 9.70. The second-order valence-corrected chi connectivity index (χ2v) is 7.43. The molecule has 0 unspecified atom stereocenters. The average molecular weight is 415 g/mol. The van der Waals surface area contributed by atoms with Gasteiger partial charge < -0.3 is 19.3 Å². The Morgan fingerprint density at radius 1 is 1.10 bits per heavy atom. The van der Waals surface area contributed by atoms with Crippen LogP contribution in [0.3, 0.4) is 0 Å². The molecular formula is C23H27ClN2O3. The molecule has 1 aliphatic heterocycles. The van der Waals surface area contributed by atoms with Crippen LogP contribution < -0.4 is 14.4 Å². The van der Waals surface area contributed by atoms with Crippen molar-refractivity contribution >= 4 is 29.3 Å². The molecule has 1 saturated heterocycles. The Morgan fingerprint density at radius 3 is 2.55 bits per heavy atom. The summed E-state index contributed by atoms with van der Waals surface area (Å²) in [5, 5.41) is 0.729. The lowest BCUT2D eigenvalue weighted by Crippen LogP contribution is -2.50. The van der Waals surface area contributed by atoms with Crippen molar-refractivity contribution in [3.8, 4) is 11.5 Å². The number of nitrogens with zero attached hydrogens (tertiary/aromatic N) is 2. The van der Waals surface area contributed by atoms with E-state index >= 15 is 0 Å². The summed E-state index contributed by atoms with van der Waals surface area (Å²) in [5.74, 6) is 1.17. The zero-order valence-electron chi connectivity index (χ0n) is 17.2. The van der Waals surface area contributed by atoms with Crippen LogP contribution >= 0.6 is 11.6 Å². The molecule has 0 saturated carbocycles. The third kappa shape index (κ3) is 5.24. The number of ether oxygens (including phenoxy) is 2. The molecular weight excluding hydrogens is 388 g/mol. The SMILES string of the molecule is C/C=C/c1ccc(OCC(=O)N2CCN(c3cc(Cl)ccc3C)CC2)c(OC)c1. The molecule has 1 aliphatic rings. The molecule has 5 nitrogen and oxygen atoms in total. The third-order valence-electron chi connectivity index (χ3n) is 5.04. The van der Waals surface area contributed by atoms with Crippen LogP contribution in [0.2, 0.25) is 5.02 Å². The Kier molecular flexibility index (Phi) is 7.04. The minimum absolute atomic E-state index is 0.00445. The summed E-state index contributed by atoms with van der Waals surface area (Å²) in [6.07, 6.45) is 3.95. The Morgan fingerprint density at radius 2 is 1.86 bits per heavy atom. The van der Waals surface area contributed by atoms with Crippen LogP contribution in [0.15, 0.2) is 42.5 Å². The number of piperazine rings is 1. The van der Waals surface area contributed by atoms with Gasteiger partial charge >= 0.3 is 0 Å². The van der Waals surface area contributed by atoms with Gasteiger partial charge in [-0.25, -0.2) is 0 Å². The molecule has 6 heteroatoms. The summed E-state index contributed by atoms with van der Waals surface area (Å²) >= 11 is 6.14. The Bertz CT molecular complexity index is 890. The van der Waals surface area contributed by atoms with Gasteiger partial charge in [-0.15, -0.1) is 0 Å². The Labute approximate surface area is 177 Å². The highest BCUT2D eigenvalue weighted by molar-refractivity contribution is 6.30. The molecule has 2 aromatic rings. The molecule has 0 spiro atoms. The highest BCUT2D eigenvalue weighted by atomic mass is 35.5. The first-order valence-corrected chi connectivity index (χ1v) is 10.1. The molecule has 3 rings (SSSR count). The van der Waals surface area contributed by atoms with Crippen molar-refractivity contribution in [2.45, 2.75) is 13.8 Å². The van der Waals surface area contributed by atoms with Crippen LogP contribution in [0.4, 0.5) is 5.69 Å². The van der Waals surface area contributed by atoms with E-state index in [2.05, 4.69) is 11.8 Å². The fraction of sp³-hybridized carbons (Fsp3) is 0.348. The van der Waals surface area contributed by atoms with E-state index in [9.17, 15) is 4.79 Å². The lowest BCUT2D eigenvalue weighted by atomic mass is 10.1. The standard InChI is InChI=1S/C23H27ClN2O3/c1-4-5-18-7-9-21(22(14-18)28-3)29-16-23(27)26-12-10-25(11-13-26)20-15-19(24)8-6-17(20)2/h4-9,14-15H,10-13,16H2,1-3H3/b5-4+. The summed E-state index contributed by atoms with van der Waals surface area (Å²) in [6, 6.07) is 11.6. The number of methoxy groups -OCH3 is 1. The first-order chi connectivity index (χ1) is 14.0. The van der Waals surface area contributed by atoms with Crippen molar-refractivity contribution in [3.05, 3.63) is 58.6 Å². The van der Waals surface area contributed by atoms with Crippen molar-refractivity contribution in [2.24, 2.45) is 0 Å². The van der Waals surface area contributed by atoms with Crippen molar-refractivity contribution in [1.29, 1.82) is 0 Å². The Hall–Kier alpha value is -2.66. The van der Waals surface area contributed by atoms with E-state index in [1.54, 1.807) is 7.11 Å². The maximum atomic E-state index is 12.6. The molecule has 0 atom stereocenters. The normalized spacial score (nSPS) is 14.3. The Balaban J connectivity index is 1.56. The van der Waals surface area contributed by atoms with E-state index < -0.39 is 0 Å².